The zero-order valence-corrected chi connectivity index (χ0v) is 11.4. The van der Waals surface area contributed by atoms with Crippen LogP contribution in [0.3, 0.4) is 0 Å². The molecule has 1 saturated carbocycles. The standard InChI is InChI=1S/C13H15F3N2O.ClH/c14-13(15,16)9-3-1-2-8(6-9)10-7-11(10)12(19)18-5-4-17;/h1-3,6,10-11H,4-5,7,17H2,(H,18,19);1H. The molecule has 1 aliphatic rings. The Hall–Kier alpha value is -1.27. The molecular weight excluding hydrogens is 293 g/mol. The number of nitrogens with one attached hydrogen (secondary N) is 1. The molecule has 3 nitrogen and oxygen atoms in total. The molecule has 1 aromatic carbocycles. The van der Waals surface area contributed by atoms with Crippen molar-refractivity contribution in [2.45, 2.75) is 18.5 Å². The van der Waals surface area contributed by atoms with Crippen molar-refractivity contribution in [1.29, 1.82) is 0 Å². The summed E-state index contributed by atoms with van der Waals surface area (Å²) < 4.78 is 37.7. The van der Waals surface area contributed by atoms with E-state index >= 15 is 0 Å². The first-order valence-electron chi connectivity index (χ1n) is 6.08. The van der Waals surface area contributed by atoms with Crippen LogP contribution >= 0.6 is 12.4 Å². The van der Waals surface area contributed by atoms with Gasteiger partial charge in [0.1, 0.15) is 0 Å². The fourth-order valence-electron chi connectivity index (χ4n) is 2.13. The van der Waals surface area contributed by atoms with E-state index in [2.05, 4.69) is 5.32 Å². The molecule has 0 heterocycles. The lowest BCUT2D eigenvalue weighted by atomic mass is 10.1. The highest BCUT2D eigenvalue weighted by molar-refractivity contribution is 5.85. The predicted octanol–water partition coefficient (Wildman–Crippen LogP) is 2.31. The van der Waals surface area contributed by atoms with Crippen LogP contribution in [0.15, 0.2) is 24.3 Å². The third-order valence-electron chi connectivity index (χ3n) is 3.21. The number of carbonyl (C=O) groups excluding carboxylic acids is 1. The first-order chi connectivity index (χ1) is 8.93. The highest BCUT2D eigenvalue weighted by atomic mass is 35.5. The minimum Gasteiger partial charge on any atom is -0.355 e. The molecule has 112 valence electrons. The topological polar surface area (TPSA) is 55.1 Å². The minimum atomic E-state index is -4.35. The molecule has 7 heteroatoms. The number of carbonyl (C=O) groups is 1. The Balaban J connectivity index is 0.00000200. The van der Waals surface area contributed by atoms with Crippen LogP contribution in [-0.4, -0.2) is 19.0 Å². The Labute approximate surface area is 121 Å². The van der Waals surface area contributed by atoms with Crippen molar-refractivity contribution in [3.05, 3.63) is 35.4 Å². The third-order valence-corrected chi connectivity index (χ3v) is 3.21. The summed E-state index contributed by atoms with van der Waals surface area (Å²) in [7, 11) is 0. The van der Waals surface area contributed by atoms with Crippen molar-refractivity contribution in [3.8, 4) is 0 Å². The van der Waals surface area contributed by atoms with Crippen molar-refractivity contribution in [2.24, 2.45) is 11.7 Å². The number of benzene rings is 1. The maximum absolute atomic E-state index is 12.6. The molecule has 1 fully saturated rings. The molecule has 0 spiro atoms. The lowest BCUT2D eigenvalue weighted by Crippen LogP contribution is -2.30. The first-order valence-corrected chi connectivity index (χ1v) is 6.08. The number of amides is 1. The van der Waals surface area contributed by atoms with E-state index in [0.29, 0.717) is 25.1 Å². The maximum atomic E-state index is 12.6. The zero-order valence-electron chi connectivity index (χ0n) is 10.6. The van der Waals surface area contributed by atoms with Crippen molar-refractivity contribution in [1.82, 2.24) is 5.32 Å². The highest BCUT2D eigenvalue weighted by Crippen LogP contribution is 2.48. The van der Waals surface area contributed by atoms with Crippen molar-refractivity contribution >= 4 is 18.3 Å². The molecule has 1 aromatic rings. The minimum absolute atomic E-state index is 0. The fraction of sp³-hybridized carbons (Fsp3) is 0.462. The summed E-state index contributed by atoms with van der Waals surface area (Å²) in [6.07, 6.45) is -3.75. The third kappa shape index (κ3) is 3.86. The van der Waals surface area contributed by atoms with Crippen LogP contribution in [0.25, 0.3) is 0 Å². The second kappa shape index (κ2) is 6.45. The number of rotatable bonds is 4. The monoisotopic (exact) mass is 308 g/mol. The van der Waals surface area contributed by atoms with Crippen LogP contribution < -0.4 is 11.1 Å². The SMILES string of the molecule is Cl.NCCNC(=O)C1CC1c1cccc(C(F)(F)F)c1. The molecule has 3 N–H and O–H groups in total. The van der Waals surface area contributed by atoms with Crippen molar-refractivity contribution < 1.29 is 18.0 Å². The summed E-state index contributed by atoms with van der Waals surface area (Å²) in [6, 6.07) is 5.18. The van der Waals surface area contributed by atoms with Gasteiger partial charge in [-0.3, -0.25) is 4.79 Å². The summed E-state index contributed by atoms with van der Waals surface area (Å²) in [5, 5.41) is 2.65. The molecule has 0 aromatic heterocycles. The lowest BCUT2D eigenvalue weighted by molar-refractivity contribution is -0.137. The fourth-order valence-corrected chi connectivity index (χ4v) is 2.13. The van der Waals surface area contributed by atoms with Gasteiger partial charge in [0, 0.05) is 19.0 Å². The number of hydrogen-bond acceptors (Lipinski definition) is 2. The Morgan fingerprint density at radius 1 is 1.40 bits per heavy atom. The van der Waals surface area contributed by atoms with Gasteiger partial charge in [-0.2, -0.15) is 13.2 Å². The number of hydrogen-bond donors (Lipinski definition) is 2. The van der Waals surface area contributed by atoms with E-state index in [0.717, 1.165) is 12.1 Å². The molecule has 2 rings (SSSR count). The van der Waals surface area contributed by atoms with Crippen molar-refractivity contribution in [3.63, 3.8) is 0 Å². The molecule has 2 atom stereocenters. The molecule has 1 amide bonds. The van der Waals surface area contributed by atoms with Gasteiger partial charge in [-0.1, -0.05) is 18.2 Å². The van der Waals surface area contributed by atoms with Crippen LogP contribution in [0.1, 0.15) is 23.5 Å². The Kier molecular flexibility index (Phi) is 5.42. The van der Waals surface area contributed by atoms with Crippen LogP contribution in [0, 0.1) is 5.92 Å². The summed E-state index contributed by atoms with van der Waals surface area (Å²) in [6.45, 7) is 0.747. The molecule has 0 radical (unpaired) electrons. The number of nitrogens with two attached hydrogens (primary N) is 1. The normalized spacial score (nSPS) is 21.0. The van der Waals surface area contributed by atoms with Crippen LogP contribution in [0.2, 0.25) is 0 Å². The van der Waals surface area contributed by atoms with Gasteiger partial charge < -0.3 is 11.1 Å². The summed E-state index contributed by atoms with van der Waals surface area (Å²) in [5.74, 6) is -0.469. The molecule has 0 aliphatic heterocycles. The van der Waals surface area contributed by atoms with Crippen LogP contribution in [0.4, 0.5) is 13.2 Å². The second-order valence-electron chi connectivity index (χ2n) is 4.65. The molecule has 0 bridgehead atoms. The van der Waals surface area contributed by atoms with Gasteiger partial charge in [-0.15, -0.1) is 12.4 Å². The van der Waals surface area contributed by atoms with Gasteiger partial charge in [-0.25, -0.2) is 0 Å². The predicted molar refractivity (Wildman–Crippen MR) is 71.6 cm³/mol. The Bertz CT molecular complexity index is 479. The maximum Gasteiger partial charge on any atom is 0.416 e. The zero-order chi connectivity index (χ0) is 14.0. The number of halogens is 4. The van der Waals surface area contributed by atoms with Gasteiger partial charge in [-0.05, 0) is 24.0 Å². The van der Waals surface area contributed by atoms with E-state index < -0.39 is 11.7 Å². The molecule has 2 unspecified atom stereocenters. The van der Waals surface area contributed by atoms with Gasteiger partial charge >= 0.3 is 6.18 Å². The summed E-state index contributed by atoms with van der Waals surface area (Å²) >= 11 is 0. The Morgan fingerprint density at radius 2 is 2.10 bits per heavy atom. The highest BCUT2D eigenvalue weighted by Gasteiger charge is 2.44. The molecule has 20 heavy (non-hydrogen) atoms. The molecule has 1 aliphatic carbocycles. The number of alkyl halides is 3. The molecular formula is C13H16ClF3N2O. The van der Waals surface area contributed by atoms with Crippen LogP contribution in [-0.2, 0) is 11.0 Å². The van der Waals surface area contributed by atoms with Gasteiger partial charge in [0.2, 0.25) is 5.91 Å². The van der Waals surface area contributed by atoms with E-state index in [1.807, 2.05) is 0 Å². The first kappa shape index (κ1) is 16.8. The summed E-state index contributed by atoms with van der Waals surface area (Å²) in [4.78, 5) is 11.6. The van der Waals surface area contributed by atoms with E-state index in [4.69, 9.17) is 5.73 Å². The smallest absolute Gasteiger partial charge is 0.355 e. The average molecular weight is 309 g/mol. The largest absolute Gasteiger partial charge is 0.416 e. The lowest BCUT2D eigenvalue weighted by Gasteiger charge is -2.08. The Morgan fingerprint density at radius 3 is 2.70 bits per heavy atom. The van der Waals surface area contributed by atoms with E-state index in [9.17, 15) is 18.0 Å². The van der Waals surface area contributed by atoms with E-state index in [-0.39, 0.29) is 30.2 Å². The summed E-state index contributed by atoms with van der Waals surface area (Å²) in [5.41, 5.74) is 5.17. The molecule has 0 saturated heterocycles. The van der Waals surface area contributed by atoms with Gasteiger partial charge in [0.15, 0.2) is 0 Å². The average Bonchev–Trinajstić information content (AvgIpc) is 3.15. The van der Waals surface area contributed by atoms with Gasteiger partial charge in [0.25, 0.3) is 0 Å². The van der Waals surface area contributed by atoms with Crippen LogP contribution in [0.5, 0.6) is 0 Å². The quantitative estimate of drug-likeness (QED) is 0.897. The van der Waals surface area contributed by atoms with E-state index in [1.165, 1.54) is 6.07 Å². The van der Waals surface area contributed by atoms with Gasteiger partial charge in [0.05, 0.1) is 5.56 Å². The van der Waals surface area contributed by atoms with E-state index in [1.54, 1.807) is 6.07 Å². The second-order valence-corrected chi connectivity index (χ2v) is 4.65. The van der Waals surface area contributed by atoms with Crippen molar-refractivity contribution in [2.75, 3.05) is 13.1 Å².